The molecule has 0 bridgehead atoms. The van der Waals surface area contributed by atoms with Gasteiger partial charge in [0.1, 0.15) is 0 Å². The molecule has 4 nitrogen and oxygen atoms in total. The molecule has 4 heteroatoms. The normalized spacial score (nSPS) is 32.6. The molecule has 142 valence electrons. The number of carbonyl (C=O) groups excluding carboxylic acids is 1. The molecule has 3 aliphatic rings. The molecule has 1 aromatic heterocycles. The number of amides is 1. The minimum absolute atomic E-state index is 0.0673. The van der Waals surface area contributed by atoms with E-state index >= 15 is 0 Å². The van der Waals surface area contributed by atoms with Crippen LogP contribution in [0.2, 0.25) is 0 Å². The molecular weight excluding hydrogens is 334 g/mol. The standard InChI is InChI=1S/C23H29N3O/c1-4-14-8-13(2)22(14)25-23(27)16-9-18-17-6-5-7-19-21(17)15(11-24-19)10-20(18)26(3)12-16/h5-7,9,11,13-14,16,20,22,24H,4,8,10,12H2,1-3H3,(H,25,27). The third kappa shape index (κ3) is 2.57. The summed E-state index contributed by atoms with van der Waals surface area (Å²) >= 11 is 0. The number of fused-ring (bicyclic) bond motifs is 2. The Hall–Kier alpha value is -2.07. The molecule has 5 rings (SSSR count). The smallest absolute Gasteiger partial charge is 0.228 e. The van der Waals surface area contributed by atoms with E-state index in [4.69, 9.17) is 0 Å². The molecule has 5 atom stereocenters. The maximum atomic E-state index is 13.1. The molecule has 2 heterocycles. The summed E-state index contributed by atoms with van der Waals surface area (Å²) in [6.45, 7) is 5.29. The highest BCUT2D eigenvalue weighted by Crippen LogP contribution is 2.41. The van der Waals surface area contributed by atoms with Gasteiger partial charge in [0.25, 0.3) is 0 Å². The van der Waals surface area contributed by atoms with Crippen LogP contribution in [0, 0.1) is 17.8 Å². The fraction of sp³-hybridized carbons (Fsp3) is 0.522. The predicted molar refractivity (Wildman–Crippen MR) is 109 cm³/mol. The number of nitrogens with one attached hydrogen (secondary N) is 2. The van der Waals surface area contributed by atoms with Crippen LogP contribution in [-0.4, -0.2) is 41.5 Å². The lowest BCUT2D eigenvalue weighted by Gasteiger charge is -2.44. The topological polar surface area (TPSA) is 48.1 Å². The van der Waals surface area contributed by atoms with Crippen molar-refractivity contribution in [3.63, 3.8) is 0 Å². The first-order chi connectivity index (χ1) is 13.1. The second-order valence-corrected chi connectivity index (χ2v) is 8.85. The number of aromatic amines is 1. The summed E-state index contributed by atoms with van der Waals surface area (Å²) in [4.78, 5) is 18.9. The van der Waals surface area contributed by atoms with Crippen LogP contribution in [0.25, 0.3) is 16.5 Å². The number of H-pyrrole nitrogens is 1. The van der Waals surface area contributed by atoms with Crippen LogP contribution < -0.4 is 5.32 Å². The lowest BCUT2D eigenvalue weighted by Crippen LogP contribution is -2.55. The maximum Gasteiger partial charge on any atom is 0.228 e. The number of aromatic nitrogens is 1. The van der Waals surface area contributed by atoms with E-state index in [2.05, 4.69) is 66.6 Å². The molecule has 0 saturated heterocycles. The van der Waals surface area contributed by atoms with Crippen molar-refractivity contribution >= 4 is 22.4 Å². The first kappa shape index (κ1) is 17.1. The fourth-order valence-electron chi connectivity index (χ4n) is 5.61. The van der Waals surface area contributed by atoms with Gasteiger partial charge in [-0.3, -0.25) is 9.69 Å². The number of benzene rings is 1. The van der Waals surface area contributed by atoms with E-state index < -0.39 is 0 Å². The van der Waals surface area contributed by atoms with Crippen LogP contribution in [0.15, 0.2) is 30.5 Å². The SMILES string of the molecule is CCC1CC(C)C1NC(=O)C1C=C2c3cccc4[nH]cc(c34)CC2N(C)C1. The number of hydrogen-bond acceptors (Lipinski definition) is 2. The molecule has 1 amide bonds. The van der Waals surface area contributed by atoms with Crippen molar-refractivity contribution in [2.45, 2.75) is 45.2 Å². The van der Waals surface area contributed by atoms with Crippen molar-refractivity contribution in [1.82, 2.24) is 15.2 Å². The van der Waals surface area contributed by atoms with Crippen molar-refractivity contribution in [2.75, 3.05) is 13.6 Å². The summed E-state index contributed by atoms with van der Waals surface area (Å²) in [6, 6.07) is 7.20. The van der Waals surface area contributed by atoms with Crippen molar-refractivity contribution < 1.29 is 4.79 Å². The quantitative estimate of drug-likeness (QED) is 0.875. The summed E-state index contributed by atoms with van der Waals surface area (Å²) in [7, 11) is 2.16. The zero-order valence-electron chi connectivity index (χ0n) is 16.5. The van der Waals surface area contributed by atoms with Crippen LogP contribution >= 0.6 is 0 Å². The molecule has 0 spiro atoms. The summed E-state index contributed by atoms with van der Waals surface area (Å²) in [6.07, 6.45) is 7.83. The predicted octanol–water partition coefficient (Wildman–Crippen LogP) is 3.59. The number of rotatable bonds is 3. The molecule has 27 heavy (non-hydrogen) atoms. The van der Waals surface area contributed by atoms with Crippen molar-refractivity contribution in [2.24, 2.45) is 17.8 Å². The van der Waals surface area contributed by atoms with E-state index in [1.807, 2.05) is 0 Å². The van der Waals surface area contributed by atoms with Gasteiger partial charge in [-0.05, 0) is 54.5 Å². The molecule has 2 aromatic rings. The van der Waals surface area contributed by atoms with Crippen LogP contribution in [-0.2, 0) is 11.2 Å². The van der Waals surface area contributed by atoms with Gasteiger partial charge in [-0.15, -0.1) is 0 Å². The monoisotopic (exact) mass is 363 g/mol. The molecule has 1 aromatic carbocycles. The van der Waals surface area contributed by atoms with Crippen molar-refractivity contribution in [1.29, 1.82) is 0 Å². The maximum absolute atomic E-state index is 13.1. The van der Waals surface area contributed by atoms with E-state index in [1.165, 1.54) is 34.0 Å². The molecule has 2 aliphatic carbocycles. The molecule has 1 fully saturated rings. The Kier molecular flexibility index (Phi) is 3.94. The molecule has 5 unspecified atom stereocenters. The summed E-state index contributed by atoms with van der Waals surface area (Å²) in [5, 5.41) is 4.72. The van der Waals surface area contributed by atoms with E-state index in [-0.39, 0.29) is 11.8 Å². The van der Waals surface area contributed by atoms with Gasteiger partial charge in [0.2, 0.25) is 5.91 Å². The lowest BCUT2D eigenvalue weighted by molar-refractivity contribution is -0.127. The van der Waals surface area contributed by atoms with Gasteiger partial charge in [0, 0.05) is 35.7 Å². The van der Waals surface area contributed by atoms with Crippen LogP contribution in [0.1, 0.15) is 37.8 Å². The Morgan fingerprint density at radius 1 is 1.37 bits per heavy atom. The summed E-state index contributed by atoms with van der Waals surface area (Å²) in [5.41, 5.74) is 5.22. The average molecular weight is 364 g/mol. The summed E-state index contributed by atoms with van der Waals surface area (Å²) < 4.78 is 0. The Balaban J connectivity index is 1.47. The van der Waals surface area contributed by atoms with Gasteiger partial charge in [0.15, 0.2) is 0 Å². The number of carbonyl (C=O) groups is 1. The lowest BCUT2D eigenvalue weighted by atomic mass is 9.69. The number of hydrogen-bond donors (Lipinski definition) is 2. The third-order valence-corrected chi connectivity index (χ3v) is 7.23. The Morgan fingerprint density at radius 3 is 3.00 bits per heavy atom. The van der Waals surface area contributed by atoms with Gasteiger partial charge < -0.3 is 10.3 Å². The highest BCUT2D eigenvalue weighted by atomic mass is 16.2. The van der Waals surface area contributed by atoms with Gasteiger partial charge in [-0.25, -0.2) is 0 Å². The Morgan fingerprint density at radius 2 is 2.22 bits per heavy atom. The second kappa shape index (κ2) is 6.23. The van der Waals surface area contributed by atoms with Crippen LogP contribution in [0.5, 0.6) is 0 Å². The average Bonchev–Trinajstić information content (AvgIpc) is 3.09. The van der Waals surface area contributed by atoms with Crippen molar-refractivity contribution in [3.8, 4) is 0 Å². The van der Waals surface area contributed by atoms with Gasteiger partial charge >= 0.3 is 0 Å². The molecule has 1 aliphatic heterocycles. The molecule has 2 N–H and O–H groups in total. The summed E-state index contributed by atoms with van der Waals surface area (Å²) in [5.74, 6) is 1.39. The first-order valence-corrected chi connectivity index (χ1v) is 10.4. The van der Waals surface area contributed by atoms with Crippen LogP contribution in [0.3, 0.4) is 0 Å². The Labute approximate surface area is 161 Å². The van der Waals surface area contributed by atoms with Crippen LogP contribution in [0.4, 0.5) is 0 Å². The van der Waals surface area contributed by atoms with Crippen molar-refractivity contribution in [3.05, 3.63) is 41.6 Å². The number of nitrogens with zero attached hydrogens (tertiary/aromatic N) is 1. The van der Waals surface area contributed by atoms with E-state index in [1.54, 1.807) is 0 Å². The minimum atomic E-state index is -0.0673. The largest absolute Gasteiger partial charge is 0.361 e. The van der Waals surface area contributed by atoms with E-state index in [9.17, 15) is 4.79 Å². The van der Waals surface area contributed by atoms with E-state index in [0.29, 0.717) is 23.9 Å². The van der Waals surface area contributed by atoms with Gasteiger partial charge in [-0.1, -0.05) is 38.5 Å². The highest BCUT2D eigenvalue weighted by Gasteiger charge is 2.40. The highest BCUT2D eigenvalue weighted by molar-refractivity contribution is 5.99. The van der Waals surface area contributed by atoms with E-state index in [0.717, 1.165) is 19.4 Å². The zero-order valence-corrected chi connectivity index (χ0v) is 16.5. The molecule has 1 saturated carbocycles. The first-order valence-electron chi connectivity index (χ1n) is 10.4. The molecule has 0 radical (unpaired) electrons. The fourth-order valence-corrected chi connectivity index (χ4v) is 5.61. The van der Waals surface area contributed by atoms with Gasteiger partial charge in [-0.2, -0.15) is 0 Å². The number of likely N-dealkylation sites (N-methyl/N-ethyl adjacent to an activating group) is 1. The third-order valence-electron chi connectivity index (χ3n) is 7.23. The molecular formula is C23H29N3O. The Bertz CT molecular complexity index is 927. The zero-order chi connectivity index (χ0) is 18.7. The second-order valence-electron chi connectivity index (χ2n) is 8.85. The van der Waals surface area contributed by atoms with Gasteiger partial charge in [0.05, 0.1) is 5.92 Å². The minimum Gasteiger partial charge on any atom is -0.361 e.